The van der Waals surface area contributed by atoms with Gasteiger partial charge in [0.2, 0.25) is 16.0 Å². The summed E-state index contributed by atoms with van der Waals surface area (Å²) in [5, 5.41) is 14.8. The molecule has 32 heavy (non-hydrogen) atoms. The molecule has 0 aliphatic carbocycles. The minimum Gasteiger partial charge on any atom is -0.396 e. The highest BCUT2D eigenvalue weighted by atomic mass is 32.2. The van der Waals surface area contributed by atoms with Crippen molar-refractivity contribution in [3.8, 4) is 0 Å². The number of nitrogens with one attached hydrogen (secondary N) is 3. The van der Waals surface area contributed by atoms with Gasteiger partial charge in [0.15, 0.2) is 0 Å². The molecule has 0 bridgehead atoms. The van der Waals surface area contributed by atoms with Crippen LogP contribution >= 0.6 is 0 Å². The smallest absolute Gasteiger partial charge is 0.254 e. The second-order valence-electron chi connectivity index (χ2n) is 6.94. The summed E-state index contributed by atoms with van der Waals surface area (Å²) in [6, 6.07) is 13.6. The van der Waals surface area contributed by atoms with Crippen LogP contribution in [0, 0.1) is 6.92 Å². The number of primary amides is 1. The van der Waals surface area contributed by atoms with Gasteiger partial charge in [-0.2, -0.15) is 4.98 Å². The summed E-state index contributed by atoms with van der Waals surface area (Å²) in [6.07, 6.45) is 1.65. The molecule has 0 saturated heterocycles. The Morgan fingerprint density at radius 2 is 1.84 bits per heavy atom. The topological polar surface area (TPSA) is 159 Å². The van der Waals surface area contributed by atoms with E-state index in [0.717, 1.165) is 11.3 Å². The van der Waals surface area contributed by atoms with E-state index in [1.54, 1.807) is 12.1 Å². The highest BCUT2D eigenvalue weighted by Gasteiger charge is 2.15. The first-order chi connectivity index (χ1) is 15.3. The molecule has 1 aromatic heterocycles. The molecule has 0 unspecified atom stereocenters. The number of aryl methyl sites for hydroxylation is 1. The van der Waals surface area contributed by atoms with Gasteiger partial charge in [0.05, 0.1) is 4.90 Å². The number of hydrogen-bond acceptors (Lipinski definition) is 8. The number of rotatable bonds is 10. The molecule has 3 aromatic rings. The predicted molar refractivity (Wildman–Crippen MR) is 122 cm³/mol. The second-order valence-corrected chi connectivity index (χ2v) is 8.71. The van der Waals surface area contributed by atoms with Crippen molar-refractivity contribution in [2.45, 2.75) is 18.2 Å². The van der Waals surface area contributed by atoms with E-state index in [1.165, 1.54) is 18.3 Å². The van der Waals surface area contributed by atoms with E-state index in [9.17, 15) is 13.2 Å². The maximum atomic E-state index is 12.2. The van der Waals surface area contributed by atoms with Crippen LogP contribution in [-0.4, -0.2) is 42.6 Å². The fourth-order valence-corrected chi connectivity index (χ4v) is 3.87. The number of carbonyl (C=O) groups is 1. The summed E-state index contributed by atoms with van der Waals surface area (Å²) < 4.78 is 26.9. The van der Waals surface area contributed by atoms with Crippen LogP contribution in [0.2, 0.25) is 0 Å². The Labute approximate surface area is 186 Å². The van der Waals surface area contributed by atoms with E-state index in [1.807, 2.05) is 31.2 Å². The Hall–Kier alpha value is -3.54. The summed E-state index contributed by atoms with van der Waals surface area (Å²) in [5.41, 5.74) is 7.89. The van der Waals surface area contributed by atoms with E-state index in [-0.39, 0.29) is 35.4 Å². The van der Waals surface area contributed by atoms with Gasteiger partial charge < -0.3 is 21.5 Å². The van der Waals surface area contributed by atoms with Crippen molar-refractivity contribution >= 4 is 39.1 Å². The van der Waals surface area contributed by atoms with Crippen molar-refractivity contribution in [2.24, 2.45) is 5.73 Å². The number of amides is 1. The lowest BCUT2D eigenvalue weighted by molar-refractivity contribution is 0.100. The molecule has 0 atom stereocenters. The summed E-state index contributed by atoms with van der Waals surface area (Å²) >= 11 is 0. The minimum absolute atomic E-state index is 0.0905. The van der Waals surface area contributed by atoms with E-state index in [4.69, 9.17) is 10.8 Å². The number of nitrogens with zero attached hydrogens (tertiary/aromatic N) is 2. The third-order valence-electron chi connectivity index (χ3n) is 4.38. The summed E-state index contributed by atoms with van der Waals surface area (Å²) in [7, 11) is -3.66. The van der Waals surface area contributed by atoms with Crippen LogP contribution in [0.1, 0.15) is 22.3 Å². The average Bonchev–Trinajstić information content (AvgIpc) is 2.74. The van der Waals surface area contributed by atoms with Gasteiger partial charge in [-0.3, -0.25) is 4.79 Å². The van der Waals surface area contributed by atoms with Gasteiger partial charge in [0, 0.05) is 30.7 Å². The lowest BCUT2D eigenvalue weighted by Gasteiger charge is -2.12. The monoisotopic (exact) mass is 456 g/mol. The summed E-state index contributed by atoms with van der Waals surface area (Å²) in [4.78, 5) is 20.3. The van der Waals surface area contributed by atoms with E-state index >= 15 is 0 Å². The van der Waals surface area contributed by atoms with Gasteiger partial charge in [-0.15, -0.1) is 0 Å². The molecular formula is C21H24N6O4S. The van der Waals surface area contributed by atoms with Crippen LogP contribution in [-0.2, 0) is 10.0 Å². The molecule has 11 heteroatoms. The first-order valence-corrected chi connectivity index (χ1v) is 11.2. The van der Waals surface area contributed by atoms with Crippen LogP contribution in [0.3, 0.4) is 0 Å². The fraction of sp³-hybridized carbons (Fsp3) is 0.190. The summed E-state index contributed by atoms with van der Waals surface area (Å²) in [5.74, 6) is -0.232. The van der Waals surface area contributed by atoms with Crippen LogP contribution in [0.4, 0.5) is 23.1 Å². The first kappa shape index (κ1) is 23.1. The van der Waals surface area contributed by atoms with E-state index in [2.05, 4.69) is 25.3 Å². The maximum Gasteiger partial charge on any atom is 0.254 e. The Balaban J connectivity index is 1.79. The molecule has 0 fully saturated rings. The molecule has 0 aliphatic heterocycles. The SMILES string of the molecule is Cc1cccc(Nc2nc(Nc3ccc(S(=O)(=O)NCCCO)cc3)ncc2C(N)=O)c1. The number of nitrogens with two attached hydrogens (primary N) is 1. The fourth-order valence-electron chi connectivity index (χ4n) is 2.79. The number of carbonyl (C=O) groups excluding carboxylic acids is 1. The number of aliphatic hydroxyl groups excluding tert-OH is 1. The first-order valence-electron chi connectivity index (χ1n) is 9.76. The zero-order valence-electron chi connectivity index (χ0n) is 17.4. The largest absolute Gasteiger partial charge is 0.396 e. The van der Waals surface area contributed by atoms with Gasteiger partial charge in [0.1, 0.15) is 11.4 Å². The lowest BCUT2D eigenvalue weighted by Crippen LogP contribution is -2.25. The Kier molecular flexibility index (Phi) is 7.36. The van der Waals surface area contributed by atoms with Crippen LogP contribution in [0.15, 0.2) is 59.6 Å². The Morgan fingerprint density at radius 1 is 1.09 bits per heavy atom. The van der Waals surface area contributed by atoms with Crippen molar-refractivity contribution in [1.82, 2.24) is 14.7 Å². The molecule has 6 N–H and O–H groups in total. The highest BCUT2D eigenvalue weighted by molar-refractivity contribution is 7.89. The lowest BCUT2D eigenvalue weighted by atomic mass is 10.2. The zero-order valence-corrected chi connectivity index (χ0v) is 18.2. The predicted octanol–water partition coefficient (Wildman–Crippen LogP) is 2.03. The Bertz CT molecular complexity index is 1200. The molecular weight excluding hydrogens is 432 g/mol. The highest BCUT2D eigenvalue weighted by Crippen LogP contribution is 2.22. The second kappa shape index (κ2) is 10.2. The van der Waals surface area contributed by atoms with Gasteiger partial charge in [-0.25, -0.2) is 18.1 Å². The van der Waals surface area contributed by atoms with E-state index in [0.29, 0.717) is 12.1 Å². The van der Waals surface area contributed by atoms with Crippen LogP contribution < -0.4 is 21.1 Å². The van der Waals surface area contributed by atoms with Crippen LogP contribution in [0.5, 0.6) is 0 Å². The van der Waals surface area contributed by atoms with Crippen molar-refractivity contribution in [1.29, 1.82) is 0 Å². The number of aromatic nitrogens is 2. The number of anilines is 4. The third kappa shape index (κ3) is 6.00. The van der Waals surface area contributed by atoms with Crippen molar-refractivity contribution < 1.29 is 18.3 Å². The molecule has 0 saturated carbocycles. The van der Waals surface area contributed by atoms with Crippen molar-refractivity contribution in [3.05, 3.63) is 65.9 Å². The maximum absolute atomic E-state index is 12.2. The number of aliphatic hydroxyl groups is 1. The molecule has 1 heterocycles. The normalized spacial score (nSPS) is 11.2. The molecule has 0 aliphatic rings. The number of sulfonamides is 1. The molecule has 10 nitrogen and oxygen atoms in total. The van der Waals surface area contributed by atoms with Gasteiger partial charge in [-0.05, 0) is 55.3 Å². The third-order valence-corrected chi connectivity index (χ3v) is 5.86. The molecule has 2 aromatic carbocycles. The number of hydrogen-bond donors (Lipinski definition) is 5. The van der Waals surface area contributed by atoms with Gasteiger partial charge in [0.25, 0.3) is 5.91 Å². The average molecular weight is 457 g/mol. The van der Waals surface area contributed by atoms with Gasteiger partial charge >= 0.3 is 0 Å². The van der Waals surface area contributed by atoms with Crippen molar-refractivity contribution in [3.63, 3.8) is 0 Å². The summed E-state index contributed by atoms with van der Waals surface area (Å²) in [6.45, 7) is 2.00. The van der Waals surface area contributed by atoms with Crippen molar-refractivity contribution in [2.75, 3.05) is 23.8 Å². The Morgan fingerprint density at radius 3 is 2.50 bits per heavy atom. The molecule has 0 radical (unpaired) electrons. The van der Waals surface area contributed by atoms with Crippen LogP contribution in [0.25, 0.3) is 0 Å². The number of benzene rings is 2. The minimum atomic E-state index is -3.66. The molecule has 3 rings (SSSR count). The van der Waals surface area contributed by atoms with E-state index < -0.39 is 15.9 Å². The quantitative estimate of drug-likeness (QED) is 0.290. The molecule has 1 amide bonds. The molecule has 0 spiro atoms. The standard InChI is InChI=1S/C21H24N6O4S/c1-14-4-2-5-16(12-14)25-20-18(19(22)29)13-23-21(27-20)26-15-6-8-17(9-7-15)32(30,31)24-10-3-11-28/h2,4-9,12-13,24,28H,3,10-11H2,1H3,(H2,22,29)(H2,23,25,26,27). The van der Waals surface area contributed by atoms with Gasteiger partial charge in [-0.1, -0.05) is 12.1 Å². The zero-order chi connectivity index (χ0) is 23.1. The molecule has 168 valence electrons.